The lowest BCUT2D eigenvalue weighted by Crippen LogP contribution is -2.50. The molecule has 0 spiro atoms. The Hall–Kier alpha value is -1.13. The number of rotatable bonds is 8. The second-order valence-corrected chi connectivity index (χ2v) is 5.96. The molecule has 1 unspecified atom stereocenters. The molecule has 0 saturated carbocycles. The van der Waals surface area contributed by atoms with Crippen LogP contribution in [0.2, 0.25) is 0 Å². The minimum Gasteiger partial charge on any atom is -0.340 e. The Kier molecular flexibility index (Phi) is 9.09. The molecule has 0 radical (unpaired) electrons. The molecule has 4 nitrogen and oxygen atoms in total. The smallest absolute Gasteiger partial charge is 0.225 e. The predicted molar refractivity (Wildman–Crippen MR) is 93.9 cm³/mol. The normalized spacial score (nSPS) is 18.9. The summed E-state index contributed by atoms with van der Waals surface area (Å²) in [6.45, 7) is 11.8. The van der Waals surface area contributed by atoms with E-state index in [0.717, 1.165) is 52.1 Å². The van der Waals surface area contributed by atoms with Crippen LogP contribution >= 0.6 is 0 Å². The third-order valence-corrected chi connectivity index (χ3v) is 4.43. The van der Waals surface area contributed by atoms with Crippen LogP contribution in [0.4, 0.5) is 0 Å². The molecule has 0 aliphatic carbocycles. The monoisotopic (exact) mass is 307 g/mol. The molecular formula is C18H33N3O. The van der Waals surface area contributed by atoms with Crippen molar-refractivity contribution in [3.05, 3.63) is 23.8 Å². The summed E-state index contributed by atoms with van der Waals surface area (Å²) < 4.78 is 0. The first kappa shape index (κ1) is 18.9. The van der Waals surface area contributed by atoms with Crippen LogP contribution in [0.25, 0.3) is 0 Å². The fraction of sp³-hybridized carbons (Fsp3) is 0.722. The summed E-state index contributed by atoms with van der Waals surface area (Å²) in [6.07, 6.45) is 8.30. The molecule has 1 aliphatic heterocycles. The van der Waals surface area contributed by atoms with Crippen LogP contribution in [0, 0.1) is 5.92 Å². The molecule has 126 valence electrons. The molecule has 1 aliphatic rings. The third kappa shape index (κ3) is 5.93. The van der Waals surface area contributed by atoms with Gasteiger partial charge in [-0.05, 0) is 45.9 Å². The average Bonchev–Trinajstić information content (AvgIpc) is 2.55. The summed E-state index contributed by atoms with van der Waals surface area (Å²) in [5.41, 5.74) is 1.35. The number of hydrogen-bond acceptors (Lipinski definition) is 3. The van der Waals surface area contributed by atoms with Gasteiger partial charge in [-0.3, -0.25) is 9.69 Å². The van der Waals surface area contributed by atoms with Gasteiger partial charge in [0.05, 0.1) is 0 Å². The lowest BCUT2D eigenvalue weighted by molar-refractivity contribution is -0.137. The molecule has 1 amide bonds. The van der Waals surface area contributed by atoms with Gasteiger partial charge in [0, 0.05) is 38.6 Å². The van der Waals surface area contributed by atoms with Crippen LogP contribution in [0.1, 0.15) is 33.6 Å². The van der Waals surface area contributed by atoms with E-state index in [9.17, 15) is 4.79 Å². The number of nitrogens with zero attached hydrogens (tertiary/aromatic N) is 2. The Morgan fingerprint density at radius 1 is 1.23 bits per heavy atom. The Morgan fingerprint density at radius 2 is 1.91 bits per heavy atom. The van der Waals surface area contributed by atoms with Gasteiger partial charge in [0.15, 0.2) is 0 Å². The van der Waals surface area contributed by atoms with E-state index in [1.807, 2.05) is 7.05 Å². The highest BCUT2D eigenvalue weighted by Gasteiger charge is 2.26. The lowest BCUT2D eigenvalue weighted by atomic mass is 10.00. The summed E-state index contributed by atoms with van der Waals surface area (Å²) in [7, 11) is 1.94. The third-order valence-electron chi connectivity index (χ3n) is 4.43. The average molecular weight is 307 g/mol. The van der Waals surface area contributed by atoms with Crippen LogP contribution in [0.15, 0.2) is 23.8 Å². The van der Waals surface area contributed by atoms with Gasteiger partial charge in [-0.25, -0.2) is 0 Å². The number of amides is 1. The van der Waals surface area contributed by atoms with Crippen LogP contribution < -0.4 is 5.32 Å². The molecule has 0 bridgehead atoms. The van der Waals surface area contributed by atoms with E-state index in [-0.39, 0.29) is 5.92 Å². The van der Waals surface area contributed by atoms with Gasteiger partial charge in [-0.15, -0.1) is 0 Å². The molecule has 22 heavy (non-hydrogen) atoms. The maximum Gasteiger partial charge on any atom is 0.225 e. The van der Waals surface area contributed by atoms with E-state index >= 15 is 0 Å². The van der Waals surface area contributed by atoms with E-state index in [4.69, 9.17) is 0 Å². The van der Waals surface area contributed by atoms with Crippen molar-refractivity contribution >= 4 is 5.91 Å². The highest BCUT2D eigenvalue weighted by molar-refractivity contribution is 5.78. The number of carbonyl (C=O) groups is 1. The minimum atomic E-state index is 0.174. The van der Waals surface area contributed by atoms with E-state index in [1.165, 1.54) is 5.57 Å². The molecule has 0 aromatic heterocycles. The molecular weight excluding hydrogens is 274 g/mol. The first-order valence-electron chi connectivity index (χ1n) is 8.59. The molecule has 0 aromatic carbocycles. The molecule has 1 rings (SSSR count). The molecule has 1 saturated heterocycles. The summed E-state index contributed by atoms with van der Waals surface area (Å²) in [6, 6.07) is 0. The molecule has 4 heteroatoms. The van der Waals surface area contributed by atoms with Crippen molar-refractivity contribution in [3.63, 3.8) is 0 Å². The van der Waals surface area contributed by atoms with E-state index in [0.29, 0.717) is 5.91 Å². The quantitative estimate of drug-likeness (QED) is 0.699. The van der Waals surface area contributed by atoms with Crippen molar-refractivity contribution in [1.82, 2.24) is 15.1 Å². The molecule has 1 heterocycles. The fourth-order valence-electron chi connectivity index (χ4n) is 2.92. The largest absolute Gasteiger partial charge is 0.340 e. The Bertz CT molecular complexity index is 382. The van der Waals surface area contributed by atoms with Gasteiger partial charge >= 0.3 is 0 Å². The number of hydrogen-bond donors (Lipinski definition) is 1. The van der Waals surface area contributed by atoms with E-state index in [1.54, 1.807) is 0 Å². The van der Waals surface area contributed by atoms with Crippen molar-refractivity contribution in [1.29, 1.82) is 0 Å². The minimum absolute atomic E-state index is 0.174. The van der Waals surface area contributed by atoms with Crippen LogP contribution in [-0.4, -0.2) is 62.0 Å². The Morgan fingerprint density at radius 3 is 2.41 bits per heavy atom. The van der Waals surface area contributed by atoms with Crippen LogP contribution in [0.5, 0.6) is 0 Å². The first-order valence-corrected chi connectivity index (χ1v) is 8.59. The number of nitrogens with one attached hydrogen (secondary N) is 1. The van der Waals surface area contributed by atoms with Crippen molar-refractivity contribution in [2.45, 2.75) is 33.6 Å². The van der Waals surface area contributed by atoms with Gasteiger partial charge in [-0.2, -0.15) is 0 Å². The second kappa shape index (κ2) is 10.6. The Balaban J connectivity index is 2.45. The lowest BCUT2D eigenvalue weighted by Gasteiger charge is -2.36. The highest BCUT2D eigenvalue weighted by atomic mass is 16.2. The van der Waals surface area contributed by atoms with Crippen molar-refractivity contribution in [2.75, 3.05) is 46.3 Å². The van der Waals surface area contributed by atoms with Gasteiger partial charge < -0.3 is 10.2 Å². The van der Waals surface area contributed by atoms with Crippen LogP contribution in [0.3, 0.4) is 0 Å². The maximum atomic E-state index is 12.6. The number of allylic oxidation sites excluding steroid dienone is 2. The summed E-state index contributed by atoms with van der Waals surface area (Å²) in [4.78, 5) is 17.1. The van der Waals surface area contributed by atoms with Crippen molar-refractivity contribution < 1.29 is 4.79 Å². The molecule has 1 atom stereocenters. The van der Waals surface area contributed by atoms with E-state index < -0.39 is 0 Å². The number of carbonyl (C=O) groups excluding carboxylic acids is 1. The summed E-state index contributed by atoms with van der Waals surface area (Å²) >= 11 is 0. The van der Waals surface area contributed by atoms with Gasteiger partial charge in [0.2, 0.25) is 5.91 Å². The van der Waals surface area contributed by atoms with Crippen molar-refractivity contribution in [2.24, 2.45) is 5.92 Å². The predicted octanol–water partition coefficient (Wildman–Crippen LogP) is 2.29. The SMILES string of the molecule is C/C=C\C(=C/C)CN1CCN(C(=O)C(CC)CCNC)CC1. The van der Waals surface area contributed by atoms with Gasteiger partial charge in [-0.1, -0.05) is 25.2 Å². The zero-order chi connectivity index (χ0) is 16.4. The summed E-state index contributed by atoms with van der Waals surface area (Å²) in [5, 5.41) is 3.15. The molecule has 1 fully saturated rings. The zero-order valence-corrected chi connectivity index (χ0v) is 14.8. The molecule has 0 aromatic rings. The second-order valence-electron chi connectivity index (χ2n) is 5.96. The van der Waals surface area contributed by atoms with Gasteiger partial charge in [0.1, 0.15) is 0 Å². The maximum absolute atomic E-state index is 12.6. The molecule has 1 N–H and O–H groups in total. The highest BCUT2D eigenvalue weighted by Crippen LogP contribution is 2.15. The van der Waals surface area contributed by atoms with E-state index in [2.05, 4.69) is 54.1 Å². The Labute approximate surface area is 136 Å². The van der Waals surface area contributed by atoms with Crippen LogP contribution in [-0.2, 0) is 4.79 Å². The zero-order valence-electron chi connectivity index (χ0n) is 14.8. The van der Waals surface area contributed by atoms with Crippen molar-refractivity contribution in [3.8, 4) is 0 Å². The standard InChI is InChI=1S/C18H33N3O/c1-5-8-16(6-2)15-20-11-13-21(14-12-20)18(22)17(7-3)9-10-19-4/h5-6,8,17,19H,7,9-15H2,1-4H3/b8-5-,16-6+. The number of piperazine rings is 1. The first-order chi connectivity index (χ1) is 10.7. The summed E-state index contributed by atoms with van der Waals surface area (Å²) in [5.74, 6) is 0.519. The fourth-order valence-corrected chi connectivity index (χ4v) is 2.92. The topological polar surface area (TPSA) is 35.6 Å². The van der Waals surface area contributed by atoms with Gasteiger partial charge in [0.25, 0.3) is 0 Å².